The zero-order valence-electron chi connectivity index (χ0n) is 18.1. The molecule has 1 aliphatic heterocycles. The maximum absolute atomic E-state index is 13.2. The summed E-state index contributed by atoms with van der Waals surface area (Å²) < 4.78 is 70.0. The average molecular weight is 499 g/mol. The Morgan fingerprint density at radius 3 is 2.26 bits per heavy atom. The topological polar surface area (TPSA) is 99.7 Å². The molecule has 4 N–H and O–H groups in total. The van der Waals surface area contributed by atoms with Gasteiger partial charge in [0, 0.05) is 18.3 Å². The van der Waals surface area contributed by atoms with E-state index in [1.807, 2.05) is 0 Å². The Kier molecular flexibility index (Phi) is 8.41. The molecule has 0 bridgehead atoms. The second kappa shape index (κ2) is 11.3. The number of alkyl halides is 3. The van der Waals surface area contributed by atoms with Crippen LogP contribution in [0.1, 0.15) is 17.5 Å². The van der Waals surface area contributed by atoms with Gasteiger partial charge in [0.05, 0.1) is 30.7 Å². The van der Waals surface area contributed by atoms with E-state index in [-0.39, 0.29) is 24.2 Å². The van der Waals surface area contributed by atoms with Crippen molar-refractivity contribution in [3.63, 3.8) is 0 Å². The van der Waals surface area contributed by atoms with Crippen LogP contribution in [0.4, 0.5) is 32.4 Å². The number of hydrogen-bond acceptors (Lipinski definition) is 4. The standard InChI is InChI=1S/C23H22F5N3O4/c24-15-7-13(8-16(25)9-15)11-29-21(33)10-18-5-6-19(20(12-32)35-18)31-22(34)30-17-3-1-14(2-4-17)23(26,27)28/h1-9,18-20,32H,10-12H2,(H,29,33)(H2,30,31,34)/t18-,19-,20+/m0/s1. The van der Waals surface area contributed by atoms with Crippen molar-refractivity contribution in [2.75, 3.05) is 11.9 Å². The van der Waals surface area contributed by atoms with Crippen LogP contribution >= 0.6 is 0 Å². The fourth-order valence-corrected chi connectivity index (χ4v) is 3.37. The number of benzene rings is 2. The van der Waals surface area contributed by atoms with Gasteiger partial charge in [-0.25, -0.2) is 13.6 Å². The van der Waals surface area contributed by atoms with Crippen molar-refractivity contribution >= 4 is 17.6 Å². The normalized spacial score (nSPS) is 19.8. The van der Waals surface area contributed by atoms with Crippen LogP contribution in [0.3, 0.4) is 0 Å². The van der Waals surface area contributed by atoms with Crippen molar-refractivity contribution in [2.24, 2.45) is 0 Å². The summed E-state index contributed by atoms with van der Waals surface area (Å²) in [4.78, 5) is 24.4. The van der Waals surface area contributed by atoms with E-state index in [9.17, 15) is 36.6 Å². The molecule has 2 aromatic rings. The molecule has 0 radical (unpaired) electrons. The predicted octanol–water partition coefficient (Wildman–Crippen LogP) is 3.50. The van der Waals surface area contributed by atoms with Gasteiger partial charge < -0.3 is 25.8 Å². The van der Waals surface area contributed by atoms with Gasteiger partial charge in [0.25, 0.3) is 0 Å². The number of aliphatic hydroxyl groups is 1. The first kappa shape index (κ1) is 26.1. The third-order valence-electron chi connectivity index (χ3n) is 5.03. The molecule has 0 saturated carbocycles. The predicted molar refractivity (Wildman–Crippen MR) is 115 cm³/mol. The number of aliphatic hydroxyl groups excluding tert-OH is 1. The molecule has 2 aromatic carbocycles. The zero-order chi connectivity index (χ0) is 25.6. The average Bonchev–Trinajstić information content (AvgIpc) is 2.78. The van der Waals surface area contributed by atoms with Crippen molar-refractivity contribution in [3.05, 3.63) is 77.4 Å². The molecule has 12 heteroatoms. The SMILES string of the molecule is O=C(C[C@@H]1C=C[C@H](NC(=O)Nc2ccc(C(F)(F)F)cc2)[C@@H](CO)O1)NCc1cc(F)cc(F)c1. The van der Waals surface area contributed by atoms with E-state index < -0.39 is 60.2 Å². The van der Waals surface area contributed by atoms with E-state index in [1.54, 1.807) is 0 Å². The van der Waals surface area contributed by atoms with Crippen molar-refractivity contribution in [1.29, 1.82) is 0 Å². The molecule has 0 aliphatic carbocycles. The summed E-state index contributed by atoms with van der Waals surface area (Å²) in [5, 5.41) is 17.1. The van der Waals surface area contributed by atoms with Gasteiger partial charge >= 0.3 is 12.2 Å². The van der Waals surface area contributed by atoms with Crippen LogP contribution in [0.2, 0.25) is 0 Å². The highest BCUT2D eigenvalue weighted by atomic mass is 19.4. The molecule has 0 aromatic heterocycles. The van der Waals surface area contributed by atoms with Gasteiger partial charge in [-0.3, -0.25) is 4.79 Å². The van der Waals surface area contributed by atoms with Gasteiger partial charge in [-0.2, -0.15) is 13.2 Å². The van der Waals surface area contributed by atoms with Gasteiger partial charge in [-0.05, 0) is 42.0 Å². The molecule has 0 spiro atoms. The lowest BCUT2D eigenvalue weighted by Crippen LogP contribution is -2.50. The molecule has 0 saturated heterocycles. The van der Waals surface area contributed by atoms with Crippen LogP contribution in [0.5, 0.6) is 0 Å². The first-order chi connectivity index (χ1) is 16.5. The number of rotatable bonds is 7. The van der Waals surface area contributed by atoms with E-state index in [4.69, 9.17) is 4.74 Å². The molecule has 0 unspecified atom stereocenters. The maximum atomic E-state index is 13.2. The molecule has 3 amide bonds. The monoisotopic (exact) mass is 499 g/mol. The summed E-state index contributed by atoms with van der Waals surface area (Å²) in [7, 11) is 0. The summed E-state index contributed by atoms with van der Waals surface area (Å²) in [5.41, 5.74) is -0.484. The number of halogens is 5. The Morgan fingerprint density at radius 2 is 1.66 bits per heavy atom. The Hall–Kier alpha value is -3.51. The minimum atomic E-state index is -4.50. The molecule has 3 rings (SSSR count). The highest BCUT2D eigenvalue weighted by Gasteiger charge is 2.31. The van der Waals surface area contributed by atoms with Crippen molar-refractivity contribution < 1.29 is 41.4 Å². The summed E-state index contributed by atoms with van der Waals surface area (Å²) >= 11 is 0. The Labute approximate surface area is 197 Å². The third-order valence-corrected chi connectivity index (χ3v) is 5.03. The quantitative estimate of drug-likeness (QED) is 0.346. The van der Waals surface area contributed by atoms with E-state index in [0.717, 1.165) is 42.5 Å². The maximum Gasteiger partial charge on any atom is 0.416 e. The number of amides is 3. The zero-order valence-corrected chi connectivity index (χ0v) is 18.1. The second-order valence-corrected chi connectivity index (χ2v) is 7.74. The van der Waals surface area contributed by atoms with E-state index in [0.29, 0.717) is 0 Å². The molecule has 188 valence electrons. The number of anilines is 1. The van der Waals surface area contributed by atoms with E-state index >= 15 is 0 Å². The molecule has 35 heavy (non-hydrogen) atoms. The van der Waals surface area contributed by atoms with Crippen molar-refractivity contribution in [1.82, 2.24) is 10.6 Å². The second-order valence-electron chi connectivity index (χ2n) is 7.74. The van der Waals surface area contributed by atoms with Gasteiger partial charge in [0.1, 0.15) is 17.7 Å². The summed E-state index contributed by atoms with van der Waals surface area (Å²) in [6.07, 6.45) is -3.23. The van der Waals surface area contributed by atoms with Gasteiger partial charge in [0.2, 0.25) is 5.91 Å². The highest BCUT2D eigenvalue weighted by Crippen LogP contribution is 2.29. The van der Waals surface area contributed by atoms with Crippen molar-refractivity contribution in [3.8, 4) is 0 Å². The van der Waals surface area contributed by atoms with Gasteiger partial charge in [-0.1, -0.05) is 12.2 Å². The fourth-order valence-electron chi connectivity index (χ4n) is 3.37. The number of ether oxygens (including phenoxy) is 1. The smallest absolute Gasteiger partial charge is 0.394 e. The number of carbonyl (C=O) groups is 2. The largest absolute Gasteiger partial charge is 0.416 e. The number of hydrogen-bond donors (Lipinski definition) is 4. The molecule has 7 nitrogen and oxygen atoms in total. The lowest BCUT2D eigenvalue weighted by molar-refractivity contribution is -0.137. The first-order valence-electron chi connectivity index (χ1n) is 10.4. The molecule has 0 fully saturated rings. The Balaban J connectivity index is 1.50. The number of carbonyl (C=O) groups excluding carboxylic acids is 2. The first-order valence-corrected chi connectivity index (χ1v) is 10.4. The number of nitrogens with one attached hydrogen (secondary N) is 3. The molecule has 3 atom stereocenters. The molecular weight excluding hydrogens is 477 g/mol. The molecule has 1 aliphatic rings. The van der Waals surface area contributed by atoms with Crippen LogP contribution in [0.25, 0.3) is 0 Å². The van der Waals surface area contributed by atoms with Crippen LogP contribution < -0.4 is 16.0 Å². The Morgan fingerprint density at radius 1 is 1.00 bits per heavy atom. The summed E-state index contributed by atoms with van der Waals surface area (Å²) in [5.74, 6) is -1.99. The van der Waals surface area contributed by atoms with Gasteiger partial charge in [-0.15, -0.1) is 0 Å². The molecule has 1 heterocycles. The number of urea groups is 1. The van der Waals surface area contributed by atoms with Crippen LogP contribution in [-0.4, -0.2) is 41.9 Å². The van der Waals surface area contributed by atoms with E-state index in [1.165, 1.54) is 12.2 Å². The third kappa shape index (κ3) is 7.76. The van der Waals surface area contributed by atoms with E-state index in [2.05, 4.69) is 16.0 Å². The van der Waals surface area contributed by atoms with Crippen LogP contribution in [-0.2, 0) is 22.3 Å². The Bertz CT molecular complexity index is 1060. The lowest BCUT2D eigenvalue weighted by atomic mass is 10.0. The van der Waals surface area contributed by atoms with Crippen LogP contribution in [0, 0.1) is 11.6 Å². The lowest BCUT2D eigenvalue weighted by Gasteiger charge is -2.31. The minimum absolute atomic E-state index is 0.0956. The molecular formula is C23H22F5N3O4. The summed E-state index contributed by atoms with van der Waals surface area (Å²) in [6, 6.07) is 5.26. The van der Waals surface area contributed by atoms with Crippen molar-refractivity contribution in [2.45, 2.75) is 37.4 Å². The fraction of sp³-hybridized carbons (Fsp3) is 0.304. The minimum Gasteiger partial charge on any atom is -0.394 e. The van der Waals surface area contributed by atoms with Gasteiger partial charge in [0.15, 0.2) is 0 Å². The van der Waals surface area contributed by atoms with Crippen LogP contribution in [0.15, 0.2) is 54.6 Å². The summed E-state index contributed by atoms with van der Waals surface area (Å²) in [6.45, 7) is -0.585. The highest BCUT2D eigenvalue weighted by molar-refractivity contribution is 5.89.